The summed E-state index contributed by atoms with van der Waals surface area (Å²) in [5.41, 5.74) is 1.78. The number of fused-ring (bicyclic) bond motifs is 1. The van der Waals surface area contributed by atoms with Gasteiger partial charge in [0.2, 0.25) is 0 Å². The number of aromatic nitrogens is 1. The molecule has 1 aliphatic rings. The van der Waals surface area contributed by atoms with E-state index in [1.807, 2.05) is 0 Å². The molecule has 0 unspecified atom stereocenters. The van der Waals surface area contributed by atoms with Crippen LogP contribution in [0.2, 0.25) is 5.02 Å². The Kier molecular flexibility index (Phi) is 5.67. The van der Waals surface area contributed by atoms with Crippen molar-refractivity contribution in [3.8, 4) is 17.2 Å². The molecule has 0 aliphatic heterocycles. The number of nitrogens with one attached hydrogen (secondary N) is 2. The lowest BCUT2D eigenvalue weighted by molar-refractivity contribution is 0.251. The number of rotatable bonds is 7. The van der Waals surface area contributed by atoms with Crippen molar-refractivity contribution in [3.63, 3.8) is 0 Å². The van der Waals surface area contributed by atoms with Crippen LogP contribution in [0.3, 0.4) is 0 Å². The van der Waals surface area contributed by atoms with E-state index in [0.717, 1.165) is 12.8 Å². The Morgan fingerprint density at radius 1 is 1.23 bits per heavy atom. The molecule has 2 amide bonds. The van der Waals surface area contributed by atoms with Crippen LogP contribution in [-0.2, 0) is 6.54 Å². The van der Waals surface area contributed by atoms with Crippen LogP contribution >= 0.6 is 11.6 Å². The fourth-order valence-corrected chi connectivity index (χ4v) is 3.24. The molecule has 1 aromatic heterocycles. The maximum atomic E-state index is 11.9. The Hall–Kier alpha value is -3.39. The van der Waals surface area contributed by atoms with E-state index in [9.17, 15) is 9.70 Å². The third-order valence-corrected chi connectivity index (χ3v) is 4.98. The van der Waals surface area contributed by atoms with Gasteiger partial charge in [-0.15, -0.1) is 0 Å². The van der Waals surface area contributed by atoms with Crippen molar-refractivity contribution in [3.05, 3.63) is 58.1 Å². The van der Waals surface area contributed by atoms with Crippen molar-refractivity contribution in [1.82, 2.24) is 10.3 Å². The van der Waals surface area contributed by atoms with Gasteiger partial charge in [0.1, 0.15) is 23.8 Å². The average Bonchev–Trinajstić information content (AvgIpc) is 3.54. The van der Waals surface area contributed by atoms with Gasteiger partial charge in [-0.05, 0) is 37.1 Å². The van der Waals surface area contributed by atoms with Gasteiger partial charge >= 0.3 is 6.03 Å². The predicted molar refractivity (Wildman–Crippen MR) is 114 cm³/mol. The zero-order valence-corrected chi connectivity index (χ0v) is 16.9. The lowest BCUT2D eigenvalue weighted by Gasteiger charge is -2.13. The molecule has 9 heteroatoms. The molecule has 1 heterocycles. The zero-order chi connectivity index (χ0) is 21.1. The van der Waals surface area contributed by atoms with Crippen LogP contribution in [0.15, 0.2) is 47.8 Å². The molecule has 1 fully saturated rings. The van der Waals surface area contributed by atoms with Crippen LogP contribution in [0, 0.1) is 4.91 Å². The lowest BCUT2D eigenvalue weighted by Crippen LogP contribution is -2.30. The van der Waals surface area contributed by atoms with Gasteiger partial charge in [-0.25, -0.2) is 4.79 Å². The summed E-state index contributed by atoms with van der Waals surface area (Å²) in [6.45, 7) is -0.0252. The Balaban J connectivity index is 1.58. The van der Waals surface area contributed by atoms with Crippen LogP contribution in [0.4, 0.5) is 10.5 Å². The van der Waals surface area contributed by atoms with E-state index >= 15 is 0 Å². The molecule has 30 heavy (non-hydrogen) atoms. The van der Waals surface area contributed by atoms with Crippen molar-refractivity contribution in [2.45, 2.75) is 25.4 Å². The quantitative estimate of drug-likeness (QED) is 0.503. The van der Waals surface area contributed by atoms with E-state index in [4.69, 9.17) is 21.1 Å². The predicted octanol–water partition coefficient (Wildman–Crippen LogP) is 5.24. The Bertz CT molecular complexity index is 1120. The topological polar surface area (TPSA) is 102 Å². The molecule has 4 rings (SSSR count). The van der Waals surface area contributed by atoms with Crippen molar-refractivity contribution in [2.75, 3.05) is 12.4 Å². The number of hydrogen-bond donors (Lipinski definition) is 2. The van der Waals surface area contributed by atoms with Crippen molar-refractivity contribution >= 4 is 34.2 Å². The van der Waals surface area contributed by atoms with Crippen LogP contribution in [0.25, 0.3) is 10.9 Å². The monoisotopic (exact) mass is 426 g/mol. The SMILES string of the molecule is COc1cc2nccc(Oc3ccc(NC(=O)NC4CC4)c(Cl)c3)c2cc1CN=O. The summed E-state index contributed by atoms with van der Waals surface area (Å²) >= 11 is 6.32. The molecule has 2 aromatic carbocycles. The second-order valence-electron chi connectivity index (χ2n) is 6.89. The summed E-state index contributed by atoms with van der Waals surface area (Å²) in [4.78, 5) is 27.0. The van der Waals surface area contributed by atoms with Crippen LogP contribution in [0.1, 0.15) is 18.4 Å². The molecule has 8 nitrogen and oxygen atoms in total. The van der Waals surface area contributed by atoms with Crippen LogP contribution < -0.4 is 20.1 Å². The minimum Gasteiger partial charge on any atom is -0.496 e. The summed E-state index contributed by atoms with van der Waals surface area (Å²) in [6.07, 6.45) is 3.63. The first-order valence-corrected chi connectivity index (χ1v) is 9.75. The molecule has 1 aliphatic carbocycles. The third kappa shape index (κ3) is 4.44. The molecule has 0 radical (unpaired) electrons. The Labute approximate surface area is 177 Å². The lowest BCUT2D eigenvalue weighted by atomic mass is 10.1. The smallest absolute Gasteiger partial charge is 0.319 e. The highest BCUT2D eigenvalue weighted by Crippen LogP contribution is 2.35. The first-order valence-electron chi connectivity index (χ1n) is 9.37. The van der Waals surface area contributed by atoms with E-state index in [1.165, 1.54) is 7.11 Å². The van der Waals surface area contributed by atoms with Gasteiger partial charge in [0.15, 0.2) is 0 Å². The molecule has 1 saturated carbocycles. The normalized spacial score (nSPS) is 13.0. The molecule has 3 aromatic rings. The molecular formula is C21H19ClN4O4. The second-order valence-corrected chi connectivity index (χ2v) is 7.30. The number of methoxy groups -OCH3 is 1. The first kappa shape index (κ1) is 19.9. The number of nitrogens with zero attached hydrogens (tertiary/aromatic N) is 2. The second kappa shape index (κ2) is 8.54. The molecule has 154 valence electrons. The molecule has 0 atom stereocenters. The summed E-state index contributed by atoms with van der Waals surface area (Å²) in [6, 6.07) is 10.2. The zero-order valence-electron chi connectivity index (χ0n) is 16.1. The minimum atomic E-state index is -0.279. The average molecular weight is 427 g/mol. The van der Waals surface area contributed by atoms with Gasteiger partial charge in [-0.1, -0.05) is 16.8 Å². The van der Waals surface area contributed by atoms with Crippen LogP contribution in [-0.4, -0.2) is 24.2 Å². The Morgan fingerprint density at radius 3 is 2.77 bits per heavy atom. The first-order chi connectivity index (χ1) is 14.6. The number of anilines is 1. The number of halogens is 1. The third-order valence-electron chi connectivity index (χ3n) is 4.67. The summed E-state index contributed by atoms with van der Waals surface area (Å²) in [5, 5.41) is 9.59. The summed E-state index contributed by atoms with van der Waals surface area (Å²) in [5.74, 6) is 1.57. The number of carbonyl (C=O) groups excluding carboxylic acids is 1. The van der Waals surface area contributed by atoms with Gasteiger partial charge in [-0.3, -0.25) is 4.98 Å². The maximum Gasteiger partial charge on any atom is 0.319 e. The highest BCUT2D eigenvalue weighted by atomic mass is 35.5. The van der Waals surface area contributed by atoms with Crippen LogP contribution in [0.5, 0.6) is 17.2 Å². The molecule has 0 bridgehead atoms. The van der Waals surface area contributed by atoms with E-state index in [0.29, 0.717) is 44.4 Å². The van der Waals surface area contributed by atoms with Gasteiger partial charge in [0.05, 0.1) is 23.3 Å². The van der Waals surface area contributed by atoms with E-state index in [2.05, 4.69) is 20.8 Å². The highest BCUT2D eigenvalue weighted by Gasteiger charge is 2.23. The van der Waals surface area contributed by atoms with Gasteiger partial charge < -0.3 is 20.1 Å². The molecule has 2 N–H and O–H groups in total. The van der Waals surface area contributed by atoms with Crippen molar-refractivity contribution < 1.29 is 14.3 Å². The number of carbonyl (C=O) groups is 1. The van der Waals surface area contributed by atoms with Crippen molar-refractivity contribution in [1.29, 1.82) is 0 Å². The maximum absolute atomic E-state index is 11.9. The number of hydrogen-bond acceptors (Lipinski definition) is 6. The largest absolute Gasteiger partial charge is 0.496 e. The fraction of sp³-hybridized carbons (Fsp3) is 0.238. The number of pyridine rings is 1. The highest BCUT2D eigenvalue weighted by molar-refractivity contribution is 6.33. The minimum absolute atomic E-state index is 0.0252. The number of nitroso groups, excluding NO2 is 1. The number of ether oxygens (including phenoxy) is 2. The van der Waals surface area contributed by atoms with Gasteiger partial charge in [0.25, 0.3) is 0 Å². The van der Waals surface area contributed by atoms with E-state index in [1.54, 1.807) is 42.6 Å². The van der Waals surface area contributed by atoms with Gasteiger partial charge in [0, 0.05) is 35.3 Å². The number of urea groups is 1. The number of benzene rings is 2. The molecular weight excluding hydrogens is 408 g/mol. The fourth-order valence-electron chi connectivity index (χ4n) is 3.02. The summed E-state index contributed by atoms with van der Waals surface area (Å²) in [7, 11) is 1.53. The molecule has 0 spiro atoms. The van der Waals surface area contributed by atoms with E-state index in [-0.39, 0.29) is 18.6 Å². The Morgan fingerprint density at radius 2 is 2.07 bits per heavy atom. The van der Waals surface area contributed by atoms with E-state index < -0.39 is 0 Å². The number of amides is 2. The standard InChI is InChI=1S/C21H19ClN4O4/c1-29-20-10-18-15(8-12(20)11-24-28)19(6-7-23-18)30-14-4-5-17(16(22)9-14)26-21(27)25-13-2-3-13/h4-10,13H,2-3,11H2,1H3,(H2,25,26,27). The molecule has 0 saturated heterocycles. The summed E-state index contributed by atoms with van der Waals surface area (Å²) < 4.78 is 11.3. The van der Waals surface area contributed by atoms with Crippen molar-refractivity contribution in [2.24, 2.45) is 5.18 Å². The van der Waals surface area contributed by atoms with Gasteiger partial charge in [-0.2, -0.15) is 4.91 Å².